The van der Waals surface area contributed by atoms with E-state index in [1.807, 2.05) is 26.1 Å². The van der Waals surface area contributed by atoms with Gasteiger partial charge in [-0.2, -0.15) is 32.1 Å². The van der Waals surface area contributed by atoms with Crippen molar-refractivity contribution in [1.82, 2.24) is 40.1 Å². The van der Waals surface area contributed by atoms with Crippen LogP contribution in [-0.2, 0) is 15.1 Å². The number of rotatable bonds is 11. The summed E-state index contributed by atoms with van der Waals surface area (Å²) in [5.74, 6) is -2.58. The number of carbonyl (C=O) groups is 2. The van der Waals surface area contributed by atoms with Crippen LogP contribution in [0.15, 0.2) is 73.6 Å². The van der Waals surface area contributed by atoms with Crippen LogP contribution in [0, 0.1) is 11.2 Å². The van der Waals surface area contributed by atoms with Crippen LogP contribution in [0.1, 0.15) is 76.0 Å². The van der Waals surface area contributed by atoms with Gasteiger partial charge in [-0.3, -0.25) is 9.69 Å². The summed E-state index contributed by atoms with van der Waals surface area (Å²) in [6.07, 6.45) is -6.75. The largest absolute Gasteiger partial charge is 0.447 e. The third kappa shape index (κ3) is 7.22. The fourth-order valence-electron chi connectivity index (χ4n) is 6.57. The summed E-state index contributed by atoms with van der Waals surface area (Å²) in [7, 11) is 0. The SMILES string of the molecule is C=C1N[C@](CC(C)(C)C)(c2ccc(-c3cnn(C(F)F)c3)cc2)C(=O)N1[C@H](COC(=O)NC1(C(F)(F)F)CC1)c1ccc(F)c(-n2ncnc2C(F)F)c1. The minimum absolute atomic E-state index is 0.0149. The molecule has 1 aliphatic heterocycles. The predicted molar refractivity (Wildman–Crippen MR) is 175 cm³/mol. The van der Waals surface area contributed by atoms with Crippen molar-refractivity contribution in [2.24, 2.45) is 5.41 Å². The van der Waals surface area contributed by atoms with E-state index in [-0.39, 0.29) is 30.6 Å². The Kier molecular flexibility index (Phi) is 9.72. The number of amides is 2. The molecule has 54 heavy (non-hydrogen) atoms. The van der Waals surface area contributed by atoms with E-state index in [0.29, 0.717) is 26.1 Å². The van der Waals surface area contributed by atoms with Gasteiger partial charge in [0, 0.05) is 11.8 Å². The molecular formula is C35H34F8N8O3. The molecule has 2 N–H and O–H groups in total. The van der Waals surface area contributed by atoms with Gasteiger partial charge >= 0.3 is 18.8 Å². The number of hydrogen-bond acceptors (Lipinski definition) is 7. The molecule has 1 aliphatic carbocycles. The van der Waals surface area contributed by atoms with Crippen molar-refractivity contribution in [3.05, 3.63) is 96.4 Å². The van der Waals surface area contributed by atoms with Crippen LogP contribution in [0.4, 0.5) is 39.9 Å². The van der Waals surface area contributed by atoms with Gasteiger partial charge in [0.15, 0.2) is 5.82 Å². The summed E-state index contributed by atoms with van der Waals surface area (Å²) < 4.78 is 116. The maximum Gasteiger partial charge on any atom is 0.411 e. The molecule has 0 spiro atoms. The highest BCUT2D eigenvalue weighted by Gasteiger charge is 2.64. The minimum atomic E-state index is -4.76. The van der Waals surface area contributed by atoms with Crippen molar-refractivity contribution in [3.63, 3.8) is 0 Å². The van der Waals surface area contributed by atoms with E-state index in [0.717, 1.165) is 29.6 Å². The Hall–Kier alpha value is -5.49. The summed E-state index contributed by atoms with van der Waals surface area (Å²) in [5.41, 5.74) is -3.76. The number of carbonyl (C=O) groups excluding carboxylic acids is 2. The van der Waals surface area contributed by atoms with Crippen LogP contribution in [-0.4, -0.2) is 59.8 Å². The average molecular weight is 767 g/mol. The molecule has 2 aliphatic rings. The quantitative estimate of drug-likeness (QED) is 0.150. The Morgan fingerprint density at radius 1 is 1.04 bits per heavy atom. The van der Waals surface area contributed by atoms with E-state index in [4.69, 9.17) is 4.74 Å². The maximum absolute atomic E-state index is 15.2. The molecule has 4 aromatic rings. The third-order valence-electron chi connectivity index (χ3n) is 9.21. The molecule has 0 unspecified atom stereocenters. The van der Waals surface area contributed by atoms with Crippen LogP contribution in [0.3, 0.4) is 0 Å². The summed E-state index contributed by atoms with van der Waals surface area (Å²) >= 11 is 0. The molecule has 2 aromatic carbocycles. The smallest absolute Gasteiger partial charge is 0.411 e. The first-order valence-electron chi connectivity index (χ1n) is 16.5. The second-order valence-electron chi connectivity index (χ2n) is 14.3. The van der Waals surface area contributed by atoms with Gasteiger partial charge in [0.2, 0.25) is 0 Å². The second kappa shape index (κ2) is 13.7. The number of alkyl halides is 7. The predicted octanol–water partition coefficient (Wildman–Crippen LogP) is 7.70. The molecule has 3 heterocycles. The molecule has 1 saturated carbocycles. The number of nitrogens with zero attached hydrogens (tertiary/aromatic N) is 6. The molecule has 19 heteroatoms. The van der Waals surface area contributed by atoms with E-state index < -0.39 is 77.6 Å². The maximum atomic E-state index is 15.2. The fraction of sp³-hybridized carbons (Fsp3) is 0.400. The van der Waals surface area contributed by atoms with E-state index in [2.05, 4.69) is 27.1 Å². The number of aromatic nitrogens is 5. The van der Waals surface area contributed by atoms with Crippen LogP contribution in [0.25, 0.3) is 16.8 Å². The number of hydrogen-bond donors (Lipinski definition) is 2. The first kappa shape index (κ1) is 38.2. The lowest BCUT2D eigenvalue weighted by molar-refractivity contribution is -0.164. The molecule has 2 atom stereocenters. The zero-order chi connectivity index (χ0) is 39.4. The van der Waals surface area contributed by atoms with Crippen molar-refractivity contribution >= 4 is 12.0 Å². The third-order valence-corrected chi connectivity index (χ3v) is 9.21. The minimum Gasteiger partial charge on any atom is -0.447 e. The number of ether oxygens (including phenoxy) is 1. The Bertz CT molecular complexity index is 2050. The zero-order valence-corrected chi connectivity index (χ0v) is 29.0. The topological polar surface area (TPSA) is 119 Å². The number of nitrogens with one attached hydrogen (secondary N) is 2. The Morgan fingerprint density at radius 3 is 2.30 bits per heavy atom. The molecule has 11 nitrogen and oxygen atoms in total. The van der Waals surface area contributed by atoms with E-state index in [1.54, 1.807) is 24.3 Å². The van der Waals surface area contributed by atoms with Gasteiger partial charge in [0.1, 0.15) is 41.3 Å². The van der Waals surface area contributed by atoms with Gasteiger partial charge in [-0.15, -0.1) is 0 Å². The highest BCUT2D eigenvalue weighted by molar-refractivity contribution is 5.93. The lowest BCUT2D eigenvalue weighted by Crippen LogP contribution is -2.49. The molecular weight excluding hydrogens is 732 g/mol. The van der Waals surface area contributed by atoms with E-state index >= 15 is 4.39 Å². The number of benzene rings is 2. The van der Waals surface area contributed by atoms with Gasteiger partial charge in [-0.25, -0.2) is 32.3 Å². The standard InChI is InChI=1S/C35H34F8N8O3/c1-19-47-34(17-32(2,3)4,23-8-5-20(6-9-23)22-14-45-49(15-22)30(39)40)29(52)50(19)26(16-54-31(53)48-33(11-12-33)35(41,42)43)21-7-10-24(36)25(13-21)51-28(27(37)38)44-18-46-51/h5-10,13-15,18,26-27,30,47H,1,11-12,16-17H2,2-4H3,(H,48,53)/t26-,34-/m1/s1. The van der Waals surface area contributed by atoms with Gasteiger partial charge in [0.25, 0.3) is 12.3 Å². The molecule has 2 fully saturated rings. The van der Waals surface area contributed by atoms with Gasteiger partial charge in [-0.1, -0.05) is 57.7 Å². The number of halogens is 8. The fourth-order valence-corrected chi connectivity index (χ4v) is 6.57. The Morgan fingerprint density at radius 2 is 1.72 bits per heavy atom. The summed E-state index contributed by atoms with van der Waals surface area (Å²) in [5, 5.41) is 12.4. The van der Waals surface area contributed by atoms with Gasteiger partial charge in [-0.05, 0) is 53.5 Å². The van der Waals surface area contributed by atoms with Gasteiger partial charge in [0.05, 0.1) is 12.2 Å². The van der Waals surface area contributed by atoms with Crippen LogP contribution in [0.5, 0.6) is 0 Å². The van der Waals surface area contributed by atoms with E-state index in [9.17, 15) is 40.3 Å². The second-order valence-corrected chi connectivity index (χ2v) is 14.3. The van der Waals surface area contributed by atoms with Crippen molar-refractivity contribution in [2.45, 2.75) is 76.3 Å². The molecule has 2 amide bonds. The highest BCUT2D eigenvalue weighted by atomic mass is 19.4. The molecule has 6 rings (SSSR count). The van der Waals surface area contributed by atoms with Gasteiger partial charge < -0.3 is 15.4 Å². The van der Waals surface area contributed by atoms with Crippen LogP contribution < -0.4 is 10.6 Å². The molecule has 2 aromatic heterocycles. The molecule has 0 radical (unpaired) electrons. The Labute approximate surface area is 303 Å². The zero-order valence-electron chi connectivity index (χ0n) is 29.0. The monoisotopic (exact) mass is 766 g/mol. The normalized spacial score (nSPS) is 19.0. The molecule has 1 saturated heterocycles. The van der Waals surface area contributed by atoms with Crippen molar-refractivity contribution in [3.8, 4) is 16.8 Å². The molecule has 288 valence electrons. The Balaban J connectivity index is 1.40. The van der Waals surface area contributed by atoms with Crippen molar-refractivity contribution in [1.29, 1.82) is 0 Å². The number of alkyl carbamates (subject to hydrolysis) is 1. The summed E-state index contributed by atoms with van der Waals surface area (Å²) in [6.45, 7) is 6.00. The van der Waals surface area contributed by atoms with Crippen molar-refractivity contribution < 1.29 is 49.4 Å². The van der Waals surface area contributed by atoms with Crippen molar-refractivity contribution in [2.75, 3.05) is 6.61 Å². The average Bonchev–Trinajstić information content (AvgIpc) is 3.40. The first-order valence-corrected chi connectivity index (χ1v) is 16.5. The highest BCUT2D eigenvalue weighted by Crippen LogP contribution is 2.49. The first-order chi connectivity index (χ1) is 25.2. The lowest BCUT2D eigenvalue weighted by atomic mass is 9.75. The van der Waals surface area contributed by atoms with Crippen LogP contribution >= 0.6 is 0 Å². The molecule has 0 bridgehead atoms. The van der Waals surface area contributed by atoms with Crippen LogP contribution in [0.2, 0.25) is 0 Å². The summed E-state index contributed by atoms with van der Waals surface area (Å²) in [6, 6.07) is 8.22. The van der Waals surface area contributed by atoms with E-state index in [1.165, 1.54) is 12.3 Å². The summed E-state index contributed by atoms with van der Waals surface area (Å²) in [4.78, 5) is 32.3. The lowest BCUT2D eigenvalue weighted by Gasteiger charge is -2.35.